The Labute approximate surface area is 195 Å². The number of nitrogens with one attached hydrogen (secondary N) is 3. The summed E-state index contributed by atoms with van der Waals surface area (Å²) in [5, 5.41) is 8.29. The normalized spacial score (nSPS) is 22.9. The van der Waals surface area contributed by atoms with E-state index in [2.05, 4.69) is 36.7 Å². The van der Waals surface area contributed by atoms with Crippen molar-refractivity contribution in [3.05, 3.63) is 35.9 Å². The molecule has 1 spiro atoms. The summed E-state index contributed by atoms with van der Waals surface area (Å²) in [7, 11) is 0. The zero-order chi connectivity index (χ0) is 24.1. The second kappa shape index (κ2) is 10.4. The zero-order valence-electron chi connectivity index (χ0n) is 19.9. The smallest absolute Gasteiger partial charge is 0.325 e. The molecule has 0 bridgehead atoms. The molecule has 1 aromatic carbocycles. The Morgan fingerprint density at radius 1 is 1.09 bits per heavy atom. The van der Waals surface area contributed by atoms with Gasteiger partial charge in [-0.05, 0) is 42.6 Å². The van der Waals surface area contributed by atoms with E-state index in [4.69, 9.17) is 0 Å². The monoisotopic (exact) mass is 456 g/mol. The van der Waals surface area contributed by atoms with Gasteiger partial charge < -0.3 is 16.0 Å². The first-order valence-electron chi connectivity index (χ1n) is 11.9. The SMILES string of the molecule is CCC(C)(C)C1CCC2(CC1)NC(=O)N(CC(=O)NCCC(=O)NCc1ccccc1)C2=O. The minimum atomic E-state index is -0.880. The van der Waals surface area contributed by atoms with Crippen molar-refractivity contribution in [2.45, 2.75) is 71.4 Å². The number of carbonyl (C=O) groups excluding carboxylic acids is 4. The summed E-state index contributed by atoms with van der Waals surface area (Å²) in [5.41, 5.74) is 0.324. The average Bonchev–Trinajstić information content (AvgIpc) is 3.02. The molecule has 2 aliphatic rings. The van der Waals surface area contributed by atoms with Gasteiger partial charge in [0.15, 0.2) is 0 Å². The number of urea groups is 1. The van der Waals surface area contributed by atoms with Crippen LogP contribution in [0.1, 0.15) is 64.9 Å². The molecule has 1 saturated carbocycles. The largest absolute Gasteiger partial charge is 0.354 e. The van der Waals surface area contributed by atoms with Gasteiger partial charge in [-0.2, -0.15) is 0 Å². The molecule has 5 amide bonds. The van der Waals surface area contributed by atoms with Crippen LogP contribution < -0.4 is 16.0 Å². The van der Waals surface area contributed by atoms with Crippen molar-refractivity contribution < 1.29 is 19.2 Å². The predicted octanol–water partition coefficient (Wildman–Crippen LogP) is 2.73. The number of benzene rings is 1. The van der Waals surface area contributed by atoms with Gasteiger partial charge in [0, 0.05) is 19.5 Å². The van der Waals surface area contributed by atoms with Crippen LogP contribution in [0.25, 0.3) is 0 Å². The Balaban J connectivity index is 1.42. The van der Waals surface area contributed by atoms with Crippen LogP contribution in [-0.2, 0) is 20.9 Å². The van der Waals surface area contributed by atoms with Crippen molar-refractivity contribution in [3.8, 4) is 0 Å². The molecule has 0 aromatic heterocycles. The molecular formula is C25H36N4O4. The molecule has 3 rings (SSSR count). The third-order valence-corrected chi connectivity index (χ3v) is 7.41. The highest BCUT2D eigenvalue weighted by Gasteiger charge is 2.53. The average molecular weight is 457 g/mol. The van der Waals surface area contributed by atoms with E-state index in [1.54, 1.807) is 0 Å². The fourth-order valence-electron chi connectivity index (χ4n) is 4.74. The summed E-state index contributed by atoms with van der Waals surface area (Å²) in [6.45, 7) is 6.92. The molecule has 1 aromatic rings. The molecule has 3 N–H and O–H groups in total. The second-order valence-electron chi connectivity index (χ2n) is 9.88. The van der Waals surface area contributed by atoms with E-state index >= 15 is 0 Å². The maximum absolute atomic E-state index is 13.1. The quantitative estimate of drug-likeness (QED) is 0.497. The van der Waals surface area contributed by atoms with Crippen LogP contribution in [0.2, 0.25) is 0 Å². The maximum atomic E-state index is 13.1. The Hall–Kier alpha value is -2.90. The highest BCUT2D eigenvalue weighted by atomic mass is 16.2. The minimum Gasteiger partial charge on any atom is -0.354 e. The van der Waals surface area contributed by atoms with Crippen LogP contribution in [0.5, 0.6) is 0 Å². The molecular weight excluding hydrogens is 420 g/mol. The Morgan fingerprint density at radius 2 is 1.76 bits per heavy atom. The Kier molecular flexibility index (Phi) is 7.76. The summed E-state index contributed by atoms with van der Waals surface area (Å²) in [4.78, 5) is 50.8. The summed E-state index contributed by atoms with van der Waals surface area (Å²) in [5.74, 6) is -0.425. The topological polar surface area (TPSA) is 108 Å². The Morgan fingerprint density at radius 3 is 2.39 bits per heavy atom. The number of imide groups is 1. The second-order valence-corrected chi connectivity index (χ2v) is 9.88. The van der Waals surface area contributed by atoms with Gasteiger partial charge in [-0.15, -0.1) is 0 Å². The maximum Gasteiger partial charge on any atom is 0.325 e. The van der Waals surface area contributed by atoms with Gasteiger partial charge >= 0.3 is 6.03 Å². The number of carbonyl (C=O) groups is 4. The van der Waals surface area contributed by atoms with Crippen LogP contribution in [-0.4, -0.2) is 47.3 Å². The molecule has 1 aliphatic carbocycles. The molecule has 2 fully saturated rings. The van der Waals surface area contributed by atoms with Gasteiger partial charge in [-0.1, -0.05) is 57.5 Å². The van der Waals surface area contributed by atoms with Gasteiger partial charge in [0.2, 0.25) is 11.8 Å². The zero-order valence-corrected chi connectivity index (χ0v) is 19.9. The van der Waals surface area contributed by atoms with E-state index in [-0.39, 0.29) is 36.7 Å². The first kappa shape index (κ1) is 24.7. The van der Waals surface area contributed by atoms with Gasteiger partial charge in [0.1, 0.15) is 12.1 Å². The van der Waals surface area contributed by atoms with Crippen molar-refractivity contribution in [2.24, 2.45) is 11.3 Å². The first-order valence-corrected chi connectivity index (χ1v) is 11.9. The van der Waals surface area contributed by atoms with E-state index in [9.17, 15) is 19.2 Å². The molecule has 0 atom stereocenters. The van der Waals surface area contributed by atoms with Crippen LogP contribution in [0.4, 0.5) is 4.79 Å². The highest BCUT2D eigenvalue weighted by molar-refractivity contribution is 6.09. The number of rotatable bonds is 9. The van der Waals surface area contributed by atoms with Crippen molar-refractivity contribution in [1.29, 1.82) is 0 Å². The van der Waals surface area contributed by atoms with Gasteiger partial charge in [-0.3, -0.25) is 19.3 Å². The van der Waals surface area contributed by atoms with Crippen molar-refractivity contribution in [3.63, 3.8) is 0 Å². The van der Waals surface area contributed by atoms with E-state index in [1.165, 1.54) is 0 Å². The van der Waals surface area contributed by atoms with E-state index in [0.29, 0.717) is 25.3 Å². The third kappa shape index (κ3) is 5.92. The van der Waals surface area contributed by atoms with Gasteiger partial charge in [-0.25, -0.2) is 4.79 Å². The fraction of sp³-hybridized carbons (Fsp3) is 0.600. The third-order valence-electron chi connectivity index (χ3n) is 7.41. The lowest BCUT2D eigenvalue weighted by Crippen LogP contribution is -2.51. The molecule has 1 heterocycles. The lowest BCUT2D eigenvalue weighted by atomic mass is 9.65. The standard InChI is InChI=1S/C25H36N4O4/c1-4-24(2,3)19-10-13-25(14-11-19)22(32)29(23(33)28-25)17-21(31)26-15-12-20(30)27-16-18-8-6-5-7-9-18/h5-9,19H,4,10-17H2,1-3H3,(H,26,31)(H,27,30)(H,28,33). The van der Waals surface area contributed by atoms with E-state index in [1.807, 2.05) is 30.3 Å². The van der Waals surface area contributed by atoms with Crippen LogP contribution in [0.3, 0.4) is 0 Å². The molecule has 1 aliphatic heterocycles. The number of nitrogens with zero attached hydrogens (tertiary/aromatic N) is 1. The summed E-state index contributed by atoms with van der Waals surface area (Å²) in [6, 6.07) is 9.04. The number of hydrogen-bond acceptors (Lipinski definition) is 4. The molecule has 0 unspecified atom stereocenters. The molecule has 8 nitrogen and oxygen atoms in total. The fourth-order valence-corrected chi connectivity index (χ4v) is 4.74. The lowest BCUT2D eigenvalue weighted by molar-refractivity contribution is -0.136. The number of amides is 5. The minimum absolute atomic E-state index is 0.122. The van der Waals surface area contributed by atoms with Gasteiger partial charge in [0.25, 0.3) is 5.91 Å². The van der Waals surface area contributed by atoms with Crippen molar-refractivity contribution >= 4 is 23.8 Å². The molecule has 8 heteroatoms. The molecule has 0 radical (unpaired) electrons. The molecule has 33 heavy (non-hydrogen) atoms. The lowest BCUT2D eigenvalue weighted by Gasteiger charge is -2.42. The van der Waals surface area contributed by atoms with Crippen LogP contribution >= 0.6 is 0 Å². The van der Waals surface area contributed by atoms with Crippen LogP contribution in [0.15, 0.2) is 30.3 Å². The highest BCUT2D eigenvalue weighted by Crippen LogP contribution is 2.45. The Bertz CT molecular complexity index is 876. The predicted molar refractivity (Wildman–Crippen MR) is 125 cm³/mol. The van der Waals surface area contributed by atoms with E-state index in [0.717, 1.165) is 29.7 Å². The van der Waals surface area contributed by atoms with Crippen molar-refractivity contribution in [1.82, 2.24) is 20.9 Å². The molecule has 180 valence electrons. The van der Waals surface area contributed by atoms with Crippen LogP contribution in [0, 0.1) is 11.3 Å². The van der Waals surface area contributed by atoms with Gasteiger partial charge in [0.05, 0.1) is 0 Å². The first-order chi connectivity index (χ1) is 15.7. The number of hydrogen-bond donors (Lipinski definition) is 3. The summed E-state index contributed by atoms with van der Waals surface area (Å²) < 4.78 is 0. The summed E-state index contributed by atoms with van der Waals surface area (Å²) in [6.07, 6.45) is 4.16. The molecule has 1 saturated heterocycles. The van der Waals surface area contributed by atoms with Crippen molar-refractivity contribution in [2.75, 3.05) is 13.1 Å². The summed E-state index contributed by atoms with van der Waals surface area (Å²) >= 11 is 0. The van der Waals surface area contributed by atoms with E-state index < -0.39 is 17.5 Å².